The van der Waals surface area contributed by atoms with E-state index in [-0.39, 0.29) is 5.56 Å². The average molecular weight is 397 g/mol. The third kappa shape index (κ3) is 3.60. The van der Waals surface area contributed by atoms with Crippen LogP contribution in [0.15, 0.2) is 42.5 Å². The summed E-state index contributed by atoms with van der Waals surface area (Å²) < 4.78 is 32.8. The van der Waals surface area contributed by atoms with Crippen molar-refractivity contribution in [3.8, 4) is 5.75 Å². The highest BCUT2D eigenvalue weighted by Crippen LogP contribution is 2.29. The molecule has 4 rings (SSSR count). The molecule has 7 heteroatoms. The molecule has 0 atom stereocenters. The minimum Gasteiger partial charge on any atom is -0.494 e. The number of anilines is 1. The molecule has 1 aromatic heterocycles. The van der Waals surface area contributed by atoms with Crippen LogP contribution in [-0.4, -0.2) is 49.1 Å². The van der Waals surface area contributed by atoms with Crippen LogP contribution in [0.5, 0.6) is 5.75 Å². The van der Waals surface area contributed by atoms with Gasteiger partial charge in [0.15, 0.2) is 0 Å². The maximum atomic E-state index is 13.9. The Hall–Kier alpha value is -3.22. The minimum absolute atomic E-state index is 0.233. The largest absolute Gasteiger partial charge is 0.494 e. The molecule has 3 aromatic rings. The van der Waals surface area contributed by atoms with Crippen molar-refractivity contribution < 1.29 is 18.3 Å². The van der Waals surface area contributed by atoms with Crippen LogP contribution in [0.3, 0.4) is 0 Å². The van der Waals surface area contributed by atoms with Gasteiger partial charge in [-0.1, -0.05) is 12.1 Å². The van der Waals surface area contributed by atoms with Gasteiger partial charge in [0.25, 0.3) is 5.91 Å². The number of rotatable bonds is 3. The minimum atomic E-state index is -0.710. The Balaban J connectivity index is 1.54. The van der Waals surface area contributed by atoms with Gasteiger partial charge in [0.2, 0.25) is 0 Å². The van der Waals surface area contributed by atoms with Gasteiger partial charge >= 0.3 is 0 Å². The molecule has 0 unspecified atom stereocenters. The van der Waals surface area contributed by atoms with Gasteiger partial charge in [-0.15, -0.1) is 0 Å². The molecule has 1 aliphatic heterocycles. The van der Waals surface area contributed by atoms with E-state index < -0.39 is 17.5 Å². The van der Waals surface area contributed by atoms with Crippen LogP contribution in [0.2, 0.25) is 0 Å². The fourth-order valence-electron chi connectivity index (χ4n) is 3.67. The zero-order chi connectivity index (χ0) is 20.5. The van der Waals surface area contributed by atoms with E-state index in [1.165, 1.54) is 0 Å². The summed E-state index contributed by atoms with van der Waals surface area (Å²) in [5, 5.41) is 1.03. The molecule has 0 radical (unpaired) electrons. The van der Waals surface area contributed by atoms with Gasteiger partial charge < -0.3 is 14.5 Å². The SMILES string of the molecule is COc1cccc2c(C)cc(N3CCN(C(=O)c4cc(F)ccc4F)CC3)nc12. The first-order valence-electron chi connectivity index (χ1n) is 9.41. The number of amides is 1. The molecule has 0 saturated carbocycles. The van der Waals surface area contributed by atoms with Gasteiger partial charge in [-0.2, -0.15) is 0 Å². The molecular formula is C22H21F2N3O2. The van der Waals surface area contributed by atoms with Gasteiger partial charge in [0, 0.05) is 31.6 Å². The van der Waals surface area contributed by atoms with Gasteiger partial charge in [-0.05, 0) is 42.8 Å². The molecule has 0 aliphatic carbocycles. The number of carbonyl (C=O) groups is 1. The molecule has 0 spiro atoms. The quantitative estimate of drug-likeness (QED) is 0.675. The number of ether oxygens (including phenoxy) is 1. The molecule has 150 valence electrons. The number of benzene rings is 2. The summed E-state index contributed by atoms with van der Waals surface area (Å²) in [4.78, 5) is 21.0. The highest BCUT2D eigenvalue weighted by atomic mass is 19.1. The number of fused-ring (bicyclic) bond motifs is 1. The highest BCUT2D eigenvalue weighted by molar-refractivity contribution is 5.94. The normalized spacial score (nSPS) is 14.3. The summed E-state index contributed by atoms with van der Waals surface area (Å²) in [6.07, 6.45) is 0. The lowest BCUT2D eigenvalue weighted by Gasteiger charge is -2.35. The fourth-order valence-corrected chi connectivity index (χ4v) is 3.67. The molecule has 1 fully saturated rings. The van der Waals surface area contributed by atoms with Crippen LogP contribution in [0.4, 0.5) is 14.6 Å². The van der Waals surface area contributed by atoms with Gasteiger partial charge in [-0.3, -0.25) is 4.79 Å². The van der Waals surface area contributed by atoms with E-state index in [1.807, 2.05) is 31.2 Å². The first-order chi connectivity index (χ1) is 14.0. The van der Waals surface area contributed by atoms with E-state index in [0.717, 1.165) is 40.5 Å². The number of para-hydroxylation sites is 1. The number of aryl methyl sites for hydroxylation is 1. The van der Waals surface area contributed by atoms with Crippen LogP contribution < -0.4 is 9.64 Å². The Morgan fingerprint density at radius 1 is 1.07 bits per heavy atom. The maximum absolute atomic E-state index is 13.9. The van der Waals surface area contributed by atoms with Crippen molar-refractivity contribution in [3.63, 3.8) is 0 Å². The molecular weight excluding hydrogens is 376 g/mol. The summed E-state index contributed by atoms with van der Waals surface area (Å²) in [6, 6.07) is 10.8. The molecule has 2 heterocycles. The number of hydrogen-bond donors (Lipinski definition) is 0. The number of aromatic nitrogens is 1. The lowest BCUT2D eigenvalue weighted by atomic mass is 10.1. The Morgan fingerprint density at radius 2 is 1.83 bits per heavy atom. The van der Waals surface area contributed by atoms with E-state index in [2.05, 4.69) is 4.90 Å². The fraction of sp³-hybridized carbons (Fsp3) is 0.273. The third-order valence-corrected chi connectivity index (χ3v) is 5.27. The van der Waals surface area contributed by atoms with E-state index in [1.54, 1.807) is 12.0 Å². The van der Waals surface area contributed by atoms with E-state index >= 15 is 0 Å². The van der Waals surface area contributed by atoms with Crippen molar-refractivity contribution in [2.75, 3.05) is 38.2 Å². The number of methoxy groups -OCH3 is 1. The summed E-state index contributed by atoms with van der Waals surface area (Å²) in [5.41, 5.74) is 1.65. The van der Waals surface area contributed by atoms with Crippen molar-refractivity contribution >= 4 is 22.6 Å². The zero-order valence-electron chi connectivity index (χ0n) is 16.3. The van der Waals surface area contributed by atoms with E-state index in [0.29, 0.717) is 31.9 Å². The lowest BCUT2D eigenvalue weighted by molar-refractivity contribution is 0.0741. The summed E-state index contributed by atoms with van der Waals surface area (Å²) in [7, 11) is 1.62. The molecule has 5 nitrogen and oxygen atoms in total. The summed E-state index contributed by atoms with van der Waals surface area (Å²) in [5.74, 6) is -0.312. The standard InChI is InChI=1S/C22H21F2N3O2/c1-14-12-20(25-21-16(14)4-3-5-19(21)29-2)26-8-10-27(11-9-26)22(28)17-13-15(23)6-7-18(17)24/h3-7,12-13H,8-11H2,1-2H3. The number of carbonyl (C=O) groups excluding carboxylic acids is 1. The van der Waals surface area contributed by atoms with Crippen molar-refractivity contribution in [2.24, 2.45) is 0 Å². The average Bonchev–Trinajstić information content (AvgIpc) is 2.74. The van der Waals surface area contributed by atoms with E-state index in [4.69, 9.17) is 9.72 Å². The van der Waals surface area contributed by atoms with Crippen LogP contribution in [-0.2, 0) is 0 Å². The molecule has 0 bridgehead atoms. The Kier molecular flexibility index (Phi) is 5.05. The predicted octanol–water partition coefficient (Wildman–Crippen LogP) is 3.79. The van der Waals surface area contributed by atoms with Crippen LogP contribution >= 0.6 is 0 Å². The first kappa shape index (κ1) is 19.1. The molecule has 2 aromatic carbocycles. The second-order valence-corrected chi connectivity index (χ2v) is 7.06. The highest BCUT2D eigenvalue weighted by Gasteiger charge is 2.25. The monoisotopic (exact) mass is 397 g/mol. The second kappa shape index (κ2) is 7.66. The maximum Gasteiger partial charge on any atom is 0.257 e. The summed E-state index contributed by atoms with van der Waals surface area (Å²) in [6.45, 7) is 3.93. The smallest absolute Gasteiger partial charge is 0.257 e. The Bertz CT molecular complexity index is 1080. The Morgan fingerprint density at radius 3 is 2.55 bits per heavy atom. The topological polar surface area (TPSA) is 45.7 Å². The van der Waals surface area contributed by atoms with Gasteiger partial charge in [-0.25, -0.2) is 13.8 Å². The van der Waals surface area contributed by atoms with Crippen LogP contribution in [0, 0.1) is 18.6 Å². The van der Waals surface area contributed by atoms with E-state index in [9.17, 15) is 13.6 Å². The number of nitrogens with zero attached hydrogens (tertiary/aromatic N) is 3. The second-order valence-electron chi connectivity index (χ2n) is 7.06. The van der Waals surface area contributed by atoms with Crippen LogP contribution in [0.25, 0.3) is 10.9 Å². The van der Waals surface area contributed by atoms with Crippen molar-refractivity contribution in [1.82, 2.24) is 9.88 Å². The molecule has 0 N–H and O–H groups in total. The van der Waals surface area contributed by atoms with Crippen molar-refractivity contribution in [3.05, 3.63) is 65.2 Å². The Labute approximate surface area is 167 Å². The van der Waals surface area contributed by atoms with Crippen molar-refractivity contribution in [2.45, 2.75) is 6.92 Å². The summed E-state index contributed by atoms with van der Waals surface area (Å²) >= 11 is 0. The van der Waals surface area contributed by atoms with Gasteiger partial charge in [0.1, 0.15) is 28.7 Å². The number of piperazine rings is 1. The number of halogens is 2. The molecule has 1 saturated heterocycles. The molecule has 1 amide bonds. The first-order valence-corrected chi connectivity index (χ1v) is 9.41. The molecule has 29 heavy (non-hydrogen) atoms. The predicted molar refractivity (Wildman–Crippen MR) is 108 cm³/mol. The number of pyridine rings is 1. The number of hydrogen-bond acceptors (Lipinski definition) is 4. The van der Waals surface area contributed by atoms with Crippen molar-refractivity contribution in [1.29, 1.82) is 0 Å². The lowest BCUT2D eigenvalue weighted by Crippen LogP contribution is -2.49. The van der Waals surface area contributed by atoms with Crippen LogP contribution in [0.1, 0.15) is 15.9 Å². The molecule has 1 aliphatic rings. The third-order valence-electron chi connectivity index (χ3n) is 5.27. The zero-order valence-corrected chi connectivity index (χ0v) is 16.3. The van der Waals surface area contributed by atoms with Gasteiger partial charge in [0.05, 0.1) is 12.7 Å².